The Bertz CT molecular complexity index is 2580. The number of carbonyl (C=O) groups excluding carboxylic acids is 11. The van der Waals surface area contributed by atoms with E-state index < -0.39 is 182 Å². The Morgan fingerprint density at radius 2 is 1.19 bits per heavy atom. The third-order valence-electron chi connectivity index (χ3n) is 13.7. The number of aromatic hydroxyl groups is 1. The molecule has 1 heterocycles. The summed E-state index contributed by atoms with van der Waals surface area (Å²) >= 11 is 0. The number of carbonyl (C=O) groups is 13. The van der Waals surface area contributed by atoms with Crippen LogP contribution in [0.2, 0.25) is 0 Å². The highest BCUT2D eigenvalue weighted by Gasteiger charge is 2.40. The minimum Gasteiger partial charge on any atom is -0.508 e. The van der Waals surface area contributed by atoms with Gasteiger partial charge in [0, 0.05) is 25.9 Å². The number of phenolic OH excluding ortho intramolecular Hbond substituents is 1. The van der Waals surface area contributed by atoms with Gasteiger partial charge in [0.25, 0.3) is 0 Å². The number of aliphatic hydroxyl groups excluding tert-OH is 1. The maximum absolute atomic E-state index is 14.2. The van der Waals surface area contributed by atoms with Gasteiger partial charge in [-0.2, -0.15) is 0 Å². The van der Waals surface area contributed by atoms with Gasteiger partial charge in [0.05, 0.1) is 32.0 Å². The molecule has 0 bridgehead atoms. The number of aliphatic carboxylic acids is 2. The zero-order valence-corrected chi connectivity index (χ0v) is 47.9. The fraction of sp³-hybridized carbons (Fsp3) is 0.615. The van der Waals surface area contributed by atoms with Crippen molar-refractivity contribution in [1.82, 2.24) is 47.4 Å². The first-order valence-electron chi connectivity index (χ1n) is 27.3. The van der Waals surface area contributed by atoms with Crippen LogP contribution in [-0.2, 0) is 75.3 Å². The van der Waals surface area contributed by atoms with Crippen LogP contribution < -0.4 is 71.2 Å². The molecule has 0 aromatic heterocycles. The molecule has 0 saturated heterocycles. The summed E-state index contributed by atoms with van der Waals surface area (Å²) in [6.07, 6.45) is -2.22. The zero-order valence-electron chi connectivity index (χ0n) is 47.9. The number of amides is 11. The second-order valence-corrected chi connectivity index (χ2v) is 20.9. The molecule has 0 fully saturated rings. The van der Waals surface area contributed by atoms with E-state index in [0.717, 1.165) is 4.90 Å². The molecule has 32 nitrogen and oxygen atoms in total. The van der Waals surface area contributed by atoms with Crippen molar-refractivity contribution in [3.05, 3.63) is 29.3 Å². The van der Waals surface area contributed by atoms with Gasteiger partial charge < -0.3 is 96.5 Å². The molecular weight excluding hydrogens is 1110 g/mol. The number of aliphatic imine (C=N–C) groups is 1. The highest BCUT2D eigenvalue weighted by Crippen LogP contribution is 2.28. The van der Waals surface area contributed by atoms with Crippen LogP contribution in [0.5, 0.6) is 5.75 Å². The van der Waals surface area contributed by atoms with Crippen molar-refractivity contribution in [1.29, 1.82) is 0 Å². The number of nitrogens with one attached hydrogen (secondary N) is 8. The average molecular weight is 1190 g/mol. The minimum absolute atomic E-state index is 0.0213. The predicted molar refractivity (Wildman–Crippen MR) is 298 cm³/mol. The molecule has 2 rings (SSSR count). The number of aliphatic hydroxyl groups is 1. The number of benzene rings is 1. The van der Waals surface area contributed by atoms with E-state index >= 15 is 0 Å². The van der Waals surface area contributed by atoms with Gasteiger partial charge in [-0.1, -0.05) is 60.5 Å². The molecule has 22 N–H and O–H groups in total. The summed E-state index contributed by atoms with van der Waals surface area (Å²) in [6, 6.07) is -9.56. The topological polar surface area (TPSA) is 545 Å². The molecule has 0 aliphatic carbocycles. The summed E-state index contributed by atoms with van der Waals surface area (Å²) in [7, 11) is 0. The number of carboxylic acid groups (broad SMARTS) is 2. The van der Waals surface area contributed by atoms with E-state index in [2.05, 4.69) is 47.5 Å². The van der Waals surface area contributed by atoms with Crippen molar-refractivity contribution in [2.45, 2.75) is 167 Å². The Hall–Kier alpha value is -8.68. The summed E-state index contributed by atoms with van der Waals surface area (Å²) < 4.78 is 0. The van der Waals surface area contributed by atoms with Gasteiger partial charge in [-0.3, -0.25) is 62.5 Å². The Morgan fingerprint density at radius 1 is 0.655 bits per heavy atom. The largest absolute Gasteiger partial charge is 0.508 e. The molecule has 84 heavy (non-hydrogen) atoms. The molecule has 11 atom stereocenters. The molecule has 0 unspecified atom stereocenters. The molecule has 0 spiro atoms. The van der Waals surface area contributed by atoms with Crippen molar-refractivity contribution < 1.29 is 82.8 Å². The van der Waals surface area contributed by atoms with E-state index in [4.69, 9.17) is 28.7 Å². The number of phenols is 1. The van der Waals surface area contributed by atoms with Crippen molar-refractivity contribution in [2.24, 2.45) is 51.4 Å². The number of fused-ring (bicyclic) bond motifs is 1. The lowest BCUT2D eigenvalue weighted by atomic mass is 9.92. The summed E-state index contributed by atoms with van der Waals surface area (Å²) in [5.74, 6) is -15.7. The fourth-order valence-corrected chi connectivity index (χ4v) is 8.66. The first-order valence-corrected chi connectivity index (χ1v) is 27.3. The number of carboxylic acids is 2. The molecule has 32 heteroatoms. The third-order valence-corrected chi connectivity index (χ3v) is 13.7. The van der Waals surface area contributed by atoms with Crippen LogP contribution in [0.25, 0.3) is 0 Å². The molecule has 1 aromatic carbocycles. The Labute approximate surface area is 484 Å². The summed E-state index contributed by atoms with van der Waals surface area (Å²) in [4.78, 5) is 176. The summed E-state index contributed by atoms with van der Waals surface area (Å²) in [5, 5.41) is 58.3. The molecule has 1 aromatic rings. The van der Waals surface area contributed by atoms with Gasteiger partial charge in [0.15, 0.2) is 5.96 Å². The van der Waals surface area contributed by atoms with Gasteiger partial charge >= 0.3 is 11.9 Å². The average Bonchev–Trinajstić information content (AvgIpc) is 2.41. The molecular formula is C52H83N15O17. The molecule has 11 amide bonds. The standard InChI is InChI=1S/C52H83N15O17/c1-7-25(5)41(65-39(72)21-59-47(79)36-18-27-11-12-29(69)17-28(27)22-67(36)50(82)30(53)19-40(73)74)48(80)62-33(16-24(3)4)44(76)60-31(13-14-37(54)70)43(75)66-42(26(6)8-2)49(81)63-34(20-38(55)71)45(77)64-35(23-68)46(78)61-32(51(83)84)10-9-15-58-52(56)57/h11-12,17,24-26,30-36,41-42,68-69H,7-10,13-16,18-23,53H2,1-6H3,(H2,54,70)(H2,55,71)(H,59,79)(H,60,76)(H,61,78)(H,62,80)(H,63,81)(H,64,77)(H,65,72)(H,66,75)(H,73,74)(H,83,84)(H4,56,57,58)/t25-,26-,30-,31-,32-,33-,34-,35-,36-,41-,42-/m0/s1. The first kappa shape index (κ1) is 71.4. The third kappa shape index (κ3) is 23.7. The van der Waals surface area contributed by atoms with Crippen LogP contribution >= 0.6 is 0 Å². The van der Waals surface area contributed by atoms with Crippen LogP contribution in [0.3, 0.4) is 0 Å². The molecule has 0 saturated carbocycles. The first-order chi connectivity index (χ1) is 39.3. The van der Waals surface area contributed by atoms with E-state index in [9.17, 15) is 82.8 Å². The predicted octanol–water partition coefficient (Wildman–Crippen LogP) is -5.63. The van der Waals surface area contributed by atoms with Gasteiger partial charge in [0.2, 0.25) is 65.0 Å². The number of nitrogens with two attached hydrogens (primary N) is 5. The van der Waals surface area contributed by atoms with Crippen molar-refractivity contribution >= 4 is 82.9 Å². The highest BCUT2D eigenvalue weighted by atomic mass is 16.4. The summed E-state index contributed by atoms with van der Waals surface area (Å²) in [6.45, 7) is 7.97. The number of hydrogen-bond acceptors (Lipinski definition) is 17. The molecule has 1 aliphatic heterocycles. The molecule has 468 valence electrons. The Morgan fingerprint density at radius 3 is 1.73 bits per heavy atom. The minimum atomic E-state index is -1.84. The number of guanidine groups is 1. The summed E-state index contributed by atoms with van der Waals surface area (Å²) in [5.41, 5.74) is 28.3. The van der Waals surface area contributed by atoms with E-state index in [0.29, 0.717) is 17.5 Å². The van der Waals surface area contributed by atoms with Crippen LogP contribution in [0, 0.1) is 17.8 Å². The SMILES string of the molecule is CC[C@H](C)[C@H](NC(=O)CNC(=O)[C@@H]1Cc2ccc(O)cc2CN1C(=O)[C@@H](N)CC(=O)O)C(=O)N[C@@H](CC(C)C)C(=O)N[C@@H](CCC(N)=O)C(=O)N[C@H](C(=O)N[C@@H](CC(N)=O)C(=O)N[C@@H](CO)C(=O)N[C@@H](CCCN=C(N)N)C(=O)O)[C@@H](C)CC. The number of nitrogens with zero attached hydrogens (tertiary/aromatic N) is 2. The van der Waals surface area contributed by atoms with E-state index in [1.807, 2.05) is 0 Å². The van der Waals surface area contributed by atoms with Crippen molar-refractivity contribution in [2.75, 3.05) is 19.7 Å². The van der Waals surface area contributed by atoms with Gasteiger partial charge in [0.1, 0.15) is 54.1 Å². The fourth-order valence-electron chi connectivity index (χ4n) is 8.66. The Balaban J connectivity index is 2.34. The van der Waals surface area contributed by atoms with Crippen LogP contribution in [0.1, 0.15) is 110 Å². The number of primary amides is 2. The maximum Gasteiger partial charge on any atom is 0.326 e. The highest BCUT2D eigenvalue weighted by molar-refractivity contribution is 5.99. The van der Waals surface area contributed by atoms with Crippen molar-refractivity contribution in [3.63, 3.8) is 0 Å². The van der Waals surface area contributed by atoms with E-state index in [1.54, 1.807) is 40.7 Å². The van der Waals surface area contributed by atoms with Gasteiger partial charge in [-0.05, 0) is 66.7 Å². The smallest absolute Gasteiger partial charge is 0.326 e. The quantitative estimate of drug-likeness (QED) is 0.0169. The lowest BCUT2D eigenvalue weighted by molar-refractivity contribution is -0.146. The second kappa shape index (κ2) is 34.7. The lowest BCUT2D eigenvalue weighted by Gasteiger charge is -2.37. The van der Waals surface area contributed by atoms with Gasteiger partial charge in [-0.25, -0.2) is 4.79 Å². The monoisotopic (exact) mass is 1190 g/mol. The van der Waals surface area contributed by atoms with Crippen LogP contribution in [0.4, 0.5) is 0 Å². The maximum atomic E-state index is 14.2. The lowest BCUT2D eigenvalue weighted by Crippen LogP contribution is -2.62. The van der Waals surface area contributed by atoms with Crippen molar-refractivity contribution in [3.8, 4) is 5.75 Å². The molecule has 1 aliphatic rings. The van der Waals surface area contributed by atoms with E-state index in [-0.39, 0.29) is 62.8 Å². The normalized spacial score (nSPS) is 16.3. The van der Waals surface area contributed by atoms with Gasteiger partial charge in [-0.15, -0.1) is 0 Å². The second-order valence-electron chi connectivity index (χ2n) is 20.9. The number of hydrogen-bond donors (Lipinski definition) is 17. The van der Waals surface area contributed by atoms with Crippen LogP contribution in [-0.4, -0.2) is 182 Å². The Kier molecular flexibility index (Phi) is 29.5. The zero-order chi connectivity index (χ0) is 63.7. The van der Waals surface area contributed by atoms with E-state index in [1.165, 1.54) is 19.1 Å². The van der Waals surface area contributed by atoms with Crippen LogP contribution in [0.15, 0.2) is 23.2 Å². The number of rotatable bonds is 36. The molecule has 0 radical (unpaired) electrons.